The van der Waals surface area contributed by atoms with Gasteiger partial charge in [0.25, 0.3) is 0 Å². The molecule has 0 aromatic heterocycles. The van der Waals surface area contributed by atoms with E-state index < -0.39 is 0 Å². The average molecular weight is 220 g/mol. The van der Waals surface area contributed by atoms with Gasteiger partial charge < -0.3 is 4.74 Å². The van der Waals surface area contributed by atoms with Gasteiger partial charge in [-0.3, -0.25) is 0 Å². The maximum Gasteiger partial charge on any atom is 0.0923 e. The topological polar surface area (TPSA) is 12.5 Å². The molecule has 0 bridgehead atoms. The lowest BCUT2D eigenvalue weighted by Crippen LogP contribution is -2.44. The first-order valence-corrected chi connectivity index (χ1v) is 6.75. The Bertz CT molecular complexity index is 330. The van der Waals surface area contributed by atoms with Crippen LogP contribution in [0.4, 0.5) is 0 Å². The molecule has 0 N–H and O–H groups in total. The van der Waals surface area contributed by atoms with Crippen molar-refractivity contribution in [2.45, 2.75) is 64.6 Å². The van der Waals surface area contributed by atoms with Crippen molar-refractivity contribution in [3.05, 3.63) is 12.2 Å². The highest BCUT2D eigenvalue weighted by Crippen LogP contribution is 2.58. The van der Waals surface area contributed by atoms with Gasteiger partial charge in [0.1, 0.15) is 0 Å². The van der Waals surface area contributed by atoms with Gasteiger partial charge in [0, 0.05) is 0 Å². The Morgan fingerprint density at radius 1 is 1.25 bits per heavy atom. The molecule has 1 aliphatic heterocycles. The van der Waals surface area contributed by atoms with Crippen LogP contribution in [0.2, 0.25) is 0 Å². The quantitative estimate of drug-likeness (QED) is 0.445. The third-order valence-electron chi connectivity index (χ3n) is 5.39. The van der Waals surface area contributed by atoms with E-state index in [0.29, 0.717) is 11.5 Å². The molecule has 4 atom stereocenters. The summed E-state index contributed by atoms with van der Waals surface area (Å²) in [5.41, 5.74) is 2.19. The summed E-state index contributed by atoms with van der Waals surface area (Å²) in [5, 5.41) is 0. The summed E-state index contributed by atoms with van der Waals surface area (Å²) in [5.74, 6) is 1.83. The molecule has 1 nitrogen and oxygen atoms in total. The highest BCUT2D eigenvalue weighted by molar-refractivity contribution is 5.13. The molecule has 2 saturated carbocycles. The summed E-state index contributed by atoms with van der Waals surface area (Å²) in [6.07, 6.45) is 6.88. The highest BCUT2D eigenvalue weighted by atomic mass is 16.6. The fourth-order valence-corrected chi connectivity index (χ4v) is 4.09. The predicted octanol–water partition coefficient (Wildman–Crippen LogP) is 3.94. The molecule has 1 heteroatoms. The van der Waals surface area contributed by atoms with E-state index >= 15 is 0 Å². The monoisotopic (exact) mass is 220 g/mol. The van der Waals surface area contributed by atoms with Crippen LogP contribution in [0.3, 0.4) is 0 Å². The molecule has 3 fully saturated rings. The van der Waals surface area contributed by atoms with Crippen LogP contribution >= 0.6 is 0 Å². The van der Waals surface area contributed by atoms with Crippen molar-refractivity contribution in [2.75, 3.05) is 0 Å². The maximum atomic E-state index is 5.85. The molecule has 0 amide bonds. The molecule has 3 aliphatic rings. The molecule has 0 aromatic rings. The maximum absolute atomic E-state index is 5.85. The van der Waals surface area contributed by atoms with Crippen LogP contribution in [0.25, 0.3) is 0 Å². The van der Waals surface area contributed by atoms with Crippen molar-refractivity contribution < 1.29 is 4.74 Å². The fraction of sp³-hybridized carbons (Fsp3) is 0.867. The molecule has 0 radical (unpaired) electrons. The molecule has 1 saturated heterocycles. The minimum absolute atomic E-state index is 0.206. The number of ether oxygens (including phenoxy) is 1. The number of fused-ring (bicyclic) bond motifs is 2. The van der Waals surface area contributed by atoms with Gasteiger partial charge in [-0.15, -0.1) is 0 Å². The Morgan fingerprint density at radius 3 is 2.69 bits per heavy atom. The van der Waals surface area contributed by atoms with Gasteiger partial charge in [-0.2, -0.15) is 0 Å². The third kappa shape index (κ3) is 1.55. The fourth-order valence-electron chi connectivity index (χ4n) is 4.09. The molecular weight excluding hydrogens is 196 g/mol. The van der Waals surface area contributed by atoms with Gasteiger partial charge in [-0.25, -0.2) is 0 Å². The summed E-state index contributed by atoms with van der Waals surface area (Å²) in [7, 11) is 0. The van der Waals surface area contributed by atoms with Gasteiger partial charge in [-0.05, 0) is 56.3 Å². The van der Waals surface area contributed by atoms with Crippen molar-refractivity contribution in [2.24, 2.45) is 17.3 Å². The van der Waals surface area contributed by atoms with Gasteiger partial charge in [0.15, 0.2) is 0 Å². The SMILES string of the molecule is C=C1CC2C(CCC3(C)OC3C1)CC2(C)C. The van der Waals surface area contributed by atoms with E-state index in [2.05, 4.69) is 27.4 Å². The van der Waals surface area contributed by atoms with Crippen molar-refractivity contribution in [1.82, 2.24) is 0 Å². The Kier molecular flexibility index (Phi) is 2.12. The van der Waals surface area contributed by atoms with E-state index in [1.165, 1.54) is 31.3 Å². The summed E-state index contributed by atoms with van der Waals surface area (Å²) in [4.78, 5) is 0. The van der Waals surface area contributed by atoms with E-state index in [9.17, 15) is 0 Å². The lowest BCUT2D eigenvalue weighted by molar-refractivity contribution is -0.0198. The lowest BCUT2D eigenvalue weighted by Gasteiger charge is -2.52. The lowest BCUT2D eigenvalue weighted by atomic mass is 9.53. The summed E-state index contributed by atoms with van der Waals surface area (Å²) >= 11 is 0. The van der Waals surface area contributed by atoms with Crippen molar-refractivity contribution >= 4 is 0 Å². The predicted molar refractivity (Wildman–Crippen MR) is 66.3 cm³/mol. The van der Waals surface area contributed by atoms with E-state index in [4.69, 9.17) is 4.74 Å². The summed E-state index contributed by atoms with van der Waals surface area (Å²) in [6, 6.07) is 0. The zero-order valence-corrected chi connectivity index (χ0v) is 10.9. The molecule has 0 spiro atoms. The minimum atomic E-state index is 0.206. The second kappa shape index (κ2) is 3.13. The number of rotatable bonds is 0. The Labute approximate surface area is 99.3 Å². The second-order valence-electron chi connectivity index (χ2n) is 7.18. The van der Waals surface area contributed by atoms with Crippen LogP contribution in [0.15, 0.2) is 12.2 Å². The Morgan fingerprint density at radius 2 is 2.00 bits per heavy atom. The van der Waals surface area contributed by atoms with Gasteiger partial charge in [-0.1, -0.05) is 26.0 Å². The zero-order valence-electron chi connectivity index (χ0n) is 10.9. The van der Waals surface area contributed by atoms with Crippen LogP contribution in [0.1, 0.15) is 52.9 Å². The molecular formula is C15H24O. The van der Waals surface area contributed by atoms with Crippen LogP contribution in [0, 0.1) is 17.3 Å². The van der Waals surface area contributed by atoms with Crippen molar-refractivity contribution in [3.8, 4) is 0 Å². The van der Waals surface area contributed by atoms with Gasteiger partial charge >= 0.3 is 0 Å². The molecule has 1 heterocycles. The van der Waals surface area contributed by atoms with Crippen molar-refractivity contribution in [1.29, 1.82) is 0 Å². The molecule has 0 aromatic carbocycles. The van der Waals surface area contributed by atoms with Crippen LogP contribution in [-0.4, -0.2) is 11.7 Å². The van der Waals surface area contributed by atoms with Crippen LogP contribution in [-0.2, 0) is 4.74 Å². The third-order valence-corrected chi connectivity index (χ3v) is 5.39. The molecule has 4 unspecified atom stereocenters. The molecule has 3 rings (SSSR count). The number of hydrogen-bond acceptors (Lipinski definition) is 1. The second-order valence-corrected chi connectivity index (χ2v) is 7.18. The first-order chi connectivity index (χ1) is 7.41. The highest BCUT2D eigenvalue weighted by Gasteiger charge is 2.55. The Balaban J connectivity index is 1.76. The molecule has 2 aliphatic carbocycles. The first kappa shape index (κ1) is 10.8. The average Bonchev–Trinajstić information content (AvgIpc) is 2.79. The smallest absolute Gasteiger partial charge is 0.0923 e. The molecule has 90 valence electrons. The largest absolute Gasteiger partial charge is 0.366 e. The van der Waals surface area contributed by atoms with E-state index in [1.54, 1.807) is 0 Å². The zero-order chi connectivity index (χ0) is 11.6. The first-order valence-electron chi connectivity index (χ1n) is 6.75. The summed E-state index contributed by atoms with van der Waals surface area (Å²) in [6.45, 7) is 11.4. The standard InChI is InChI=1S/C15H24O/c1-10-7-12-11(9-14(12,2)3)5-6-15(4)13(8-10)16-15/h11-13H,1,5-9H2,2-4H3. The van der Waals surface area contributed by atoms with Crippen LogP contribution < -0.4 is 0 Å². The normalized spacial score (nSPS) is 50.2. The number of epoxide rings is 1. The minimum Gasteiger partial charge on any atom is -0.366 e. The van der Waals surface area contributed by atoms with Gasteiger partial charge in [0.05, 0.1) is 11.7 Å². The van der Waals surface area contributed by atoms with E-state index in [0.717, 1.165) is 18.3 Å². The summed E-state index contributed by atoms with van der Waals surface area (Å²) < 4.78 is 5.85. The van der Waals surface area contributed by atoms with E-state index in [-0.39, 0.29) is 5.60 Å². The van der Waals surface area contributed by atoms with Crippen molar-refractivity contribution in [3.63, 3.8) is 0 Å². The van der Waals surface area contributed by atoms with E-state index in [1.807, 2.05) is 0 Å². The number of hydrogen-bond donors (Lipinski definition) is 0. The van der Waals surface area contributed by atoms with Gasteiger partial charge in [0.2, 0.25) is 0 Å². The van der Waals surface area contributed by atoms with Crippen LogP contribution in [0.5, 0.6) is 0 Å². The molecule has 16 heavy (non-hydrogen) atoms. The Hall–Kier alpha value is -0.300.